The molecular weight excluding hydrogens is 332 g/mol. The van der Waals surface area contributed by atoms with Crippen LogP contribution >= 0.6 is 12.4 Å². The fourth-order valence-electron chi connectivity index (χ4n) is 3.16. The van der Waals surface area contributed by atoms with E-state index in [1.807, 2.05) is 0 Å². The van der Waals surface area contributed by atoms with Gasteiger partial charge in [0, 0.05) is 31.4 Å². The fourth-order valence-corrected chi connectivity index (χ4v) is 3.16. The molecule has 130 valence electrons. The number of hydrogen-bond donors (Lipinski definition) is 1. The van der Waals surface area contributed by atoms with Crippen molar-refractivity contribution >= 4 is 12.4 Å². The van der Waals surface area contributed by atoms with E-state index < -0.39 is 0 Å². The van der Waals surface area contributed by atoms with Gasteiger partial charge in [0.05, 0.1) is 11.7 Å². The molecule has 1 unspecified atom stereocenters. The quantitative estimate of drug-likeness (QED) is 0.914. The third-order valence-corrected chi connectivity index (χ3v) is 4.38. The zero-order valence-corrected chi connectivity index (χ0v) is 14.6. The molecule has 0 aliphatic carbocycles. The van der Waals surface area contributed by atoms with Gasteiger partial charge < -0.3 is 5.32 Å². The molecule has 1 aliphatic rings. The minimum absolute atomic E-state index is 0. The van der Waals surface area contributed by atoms with Gasteiger partial charge >= 0.3 is 0 Å². The van der Waals surface area contributed by atoms with E-state index in [0.717, 1.165) is 18.7 Å². The highest BCUT2D eigenvalue weighted by molar-refractivity contribution is 5.85. The van der Waals surface area contributed by atoms with Gasteiger partial charge in [0.2, 0.25) is 0 Å². The van der Waals surface area contributed by atoms with E-state index in [4.69, 9.17) is 0 Å². The Hall–Kier alpha value is -1.56. The summed E-state index contributed by atoms with van der Waals surface area (Å²) in [5, 5.41) is 3.43. The summed E-state index contributed by atoms with van der Waals surface area (Å²) in [6.45, 7) is 5.82. The average molecular weight is 354 g/mol. The highest BCUT2D eigenvalue weighted by Gasteiger charge is 2.33. The number of benzene rings is 1. The molecule has 0 amide bonds. The Balaban J connectivity index is 0.00000208. The van der Waals surface area contributed by atoms with Crippen molar-refractivity contribution in [2.45, 2.75) is 32.0 Å². The first kappa shape index (κ1) is 18.8. The molecular formula is C18H22ClF2N3. The zero-order chi connectivity index (χ0) is 16.4. The lowest BCUT2D eigenvalue weighted by Crippen LogP contribution is -2.55. The topological polar surface area (TPSA) is 28.2 Å². The molecule has 0 radical (unpaired) electrons. The van der Waals surface area contributed by atoms with Crippen LogP contribution in [0.15, 0.2) is 42.6 Å². The summed E-state index contributed by atoms with van der Waals surface area (Å²) in [7, 11) is 0. The summed E-state index contributed by atoms with van der Waals surface area (Å²) < 4.78 is 27.7. The van der Waals surface area contributed by atoms with Crippen molar-refractivity contribution in [3.8, 4) is 0 Å². The number of pyridine rings is 1. The van der Waals surface area contributed by atoms with Crippen LogP contribution in [0, 0.1) is 11.6 Å². The summed E-state index contributed by atoms with van der Waals surface area (Å²) in [4.78, 5) is 6.52. The average Bonchev–Trinajstić information content (AvgIpc) is 2.54. The fraction of sp³-hybridized carbons (Fsp3) is 0.389. The van der Waals surface area contributed by atoms with Gasteiger partial charge in [0.25, 0.3) is 0 Å². The third-order valence-electron chi connectivity index (χ3n) is 4.38. The van der Waals surface area contributed by atoms with Gasteiger partial charge in [0.15, 0.2) is 0 Å². The number of halogens is 3. The Bertz CT molecular complexity index is 666. The van der Waals surface area contributed by atoms with Gasteiger partial charge in [-0.05, 0) is 43.7 Å². The molecule has 1 fully saturated rings. The molecule has 3 atom stereocenters. The second-order valence-corrected chi connectivity index (χ2v) is 6.18. The number of hydrogen-bond acceptors (Lipinski definition) is 3. The van der Waals surface area contributed by atoms with Crippen LogP contribution in [0.4, 0.5) is 8.78 Å². The smallest absolute Gasteiger partial charge is 0.146 e. The summed E-state index contributed by atoms with van der Waals surface area (Å²) >= 11 is 0. The van der Waals surface area contributed by atoms with Crippen molar-refractivity contribution in [2.24, 2.45) is 0 Å². The second kappa shape index (κ2) is 8.01. The van der Waals surface area contributed by atoms with Crippen LogP contribution in [-0.4, -0.2) is 35.1 Å². The second-order valence-electron chi connectivity index (χ2n) is 6.18. The molecule has 0 spiro atoms. The summed E-state index contributed by atoms with van der Waals surface area (Å²) in [5.41, 5.74) is 1.24. The maximum absolute atomic E-state index is 14.4. The highest BCUT2D eigenvalue weighted by Crippen LogP contribution is 2.31. The van der Waals surface area contributed by atoms with Crippen LogP contribution in [-0.2, 0) is 0 Å². The first-order valence-electron chi connectivity index (χ1n) is 7.91. The number of rotatable bonds is 3. The van der Waals surface area contributed by atoms with Gasteiger partial charge in [-0.1, -0.05) is 12.1 Å². The van der Waals surface area contributed by atoms with E-state index in [2.05, 4.69) is 29.0 Å². The van der Waals surface area contributed by atoms with Crippen LogP contribution in [0.1, 0.15) is 31.1 Å². The number of nitrogens with one attached hydrogen (secondary N) is 1. The lowest BCUT2D eigenvalue weighted by atomic mass is 9.97. The molecule has 1 N–H and O–H groups in total. The van der Waals surface area contributed by atoms with E-state index in [1.54, 1.807) is 24.4 Å². The zero-order valence-electron chi connectivity index (χ0n) is 13.7. The SMILES string of the molecule is C[C@@H]1CN[C@@H](C)CN1C(c1ccc(F)cc1)c1ncccc1F.Cl. The molecule has 6 heteroatoms. The number of aromatic nitrogens is 1. The maximum atomic E-state index is 14.4. The third kappa shape index (κ3) is 3.91. The van der Waals surface area contributed by atoms with Crippen LogP contribution in [0.5, 0.6) is 0 Å². The first-order chi connectivity index (χ1) is 11.1. The van der Waals surface area contributed by atoms with E-state index in [9.17, 15) is 8.78 Å². The van der Waals surface area contributed by atoms with Crippen LogP contribution in [0.25, 0.3) is 0 Å². The van der Waals surface area contributed by atoms with Crippen molar-refractivity contribution in [1.82, 2.24) is 15.2 Å². The predicted octanol–water partition coefficient (Wildman–Crippen LogP) is 3.55. The molecule has 1 aliphatic heterocycles. The molecule has 1 aromatic carbocycles. The Morgan fingerprint density at radius 1 is 1.17 bits per heavy atom. The van der Waals surface area contributed by atoms with E-state index in [0.29, 0.717) is 11.7 Å². The van der Waals surface area contributed by atoms with Crippen molar-refractivity contribution in [2.75, 3.05) is 13.1 Å². The molecule has 0 bridgehead atoms. The molecule has 0 saturated carbocycles. The molecule has 3 rings (SSSR count). The van der Waals surface area contributed by atoms with Gasteiger partial charge in [-0.15, -0.1) is 12.4 Å². The van der Waals surface area contributed by atoms with Crippen molar-refractivity contribution < 1.29 is 8.78 Å². The van der Waals surface area contributed by atoms with Crippen LogP contribution in [0.2, 0.25) is 0 Å². The normalized spacial score (nSPS) is 22.7. The van der Waals surface area contributed by atoms with Crippen LogP contribution < -0.4 is 5.32 Å². The van der Waals surface area contributed by atoms with Crippen molar-refractivity contribution in [3.63, 3.8) is 0 Å². The Labute approximate surface area is 147 Å². The molecule has 3 nitrogen and oxygen atoms in total. The number of piperazine rings is 1. The maximum Gasteiger partial charge on any atom is 0.146 e. The van der Waals surface area contributed by atoms with Gasteiger partial charge in [-0.3, -0.25) is 9.88 Å². The Kier molecular flexibility index (Phi) is 6.27. The van der Waals surface area contributed by atoms with Gasteiger partial charge in [-0.25, -0.2) is 8.78 Å². The van der Waals surface area contributed by atoms with Gasteiger partial charge in [0.1, 0.15) is 11.6 Å². The standard InChI is InChI=1S/C18H21F2N3.ClH/c1-12-11-23(13(2)10-22-12)18(14-5-7-15(19)8-6-14)17-16(20)4-3-9-21-17;/h3-9,12-13,18,22H,10-11H2,1-2H3;1H/t12-,13+,18?;/m0./s1. The minimum Gasteiger partial charge on any atom is -0.311 e. The lowest BCUT2D eigenvalue weighted by molar-refractivity contribution is 0.109. The molecule has 2 aromatic rings. The first-order valence-corrected chi connectivity index (χ1v) is 7.91. The number of nitrogens with zero attached hydrogens (tertiary/aromatic N) is 2. The summed E-state index contributed by atoms with van der Waals surface area (Å²) in [6.07, 6.45) is 1.60. The molecule has 2 heterocycles. The molecule has 1 aromatic heterocycles. The van der Waals surface area contributed by atoms with E-state index in [-0.39, 0.29) is 36.1 Å². The van der Waals surface area contributed by atoms with E-state index in [1.165, 1.54) is 18.2 Å². The van der Waals surface area contributed by atoms with Crippen molar-refractivity contribution in [3.05, 3.63) is 65.5 Å². The van der Waals surface area contributed by atoms with Crippen LogP contribution in [0.3, 0.4) is 0 Å². The highest BCUT2D eigenvalue weighted by atomic mass is 35.5. The summed E-state index contributed by atoms with van der Waals surface area (Å²) in [6, 6.07) is 9.49. The largest absolute Gasteiger partial charge is 0.311 e. The minimum atomic E-state index is -0.333. The van der Waals surface area contributed by atoms with Gasteiger partial charge in [-0.2, -0.15) is 0 Å². The van der Waals surface area contributed by atoms with E-state index >= 15 is 0 Å². The summed E-state index contributed by atoms with van der Waals surface area (Å²) in [5.74, 6) is -0.629. The van der Waals surface area contributed by atoms with Crippen molar-refractivity contribution in [1.29, 1.82) is 0 Å². The lowest BCUT2D eigenvalue weighted by Gasteiger charge is -2.42. The Morgan fingerprint density at radius 2 is 1.88 bits per heavy atom. The molecule has 24 heavy (non-hydrogen) atoms. The monoisotopic (exact) mass is 353 g/mol. The predicted molar refractivity (Wildman–Crippen MR) is 93.3 cm³/mol. The Morgan fingerprint density at radius 3 is 2.54 bits per heavy atom. The molecule has 1 saturated heterocycles.